The van der Waals surface area contributed by atoms with Crippen molar-refractivity contribution >= 4 is 84.6 Å². The largest absolute Gasteiger partial charge is 0.465 e. The van der Waals surface area contributed by atoms with Gasteiger partial charge in [-0.3, -0.25) is 4.68 Å². The van der Waals surface area contributed by atoms with Crippen LogP contribution in [0.4, 0.5) is 10.8 Å². The molecule has 2 N–H and O–H groups in total. The summed E-state index contributed by atoms with van der Waals surface area (Å²) in [4.78, 5) is 13.6. The lowest BCUT2D eigenvalue weighted by atomic mass is 9.95. The molecule has 11 heteroatoms. The van der Waals surface area contributed by atoms with Crippen molar-refractivity contribution in [3.63, 3.8) is 0 Å². The lowest BCUT2D eigenvalue weighted by Crippen LogP contribution is -2.21. The van der Waals surface area contributed by atoms with Gasteiger partial charge >= 0.3 is 5.97 Å². The molecule has 1 aliphatic carbocycles. The molecular weight excluding hydrogens is 555 g/mol. The third kappa shape index (κ3) is 5.12. The second-order valence-electron chi connectivity index (χ2n) is 7.26. The molecule has 3 aromatic rings. The van der Waals surface area contributed by atoms with Gasteiger partial charge in [0.1, 0.15) is 5.00 Å². The normalized spacial score (nSPS) is 12.9. The number of methoxy groups -OCH3 is 1. The van der Waals surface area contributed by atoms with Gasteiger partial charge < -0.3 is 15.4 Å². The molecular formula is C21H19BrCl2N4O2S2. The van der Waals surface area contributed by atoms with E-state index in [-0.39, 0.29) is 5.97 Å². The Balaban J connectivity index is 1.49. The van der Waals surface area contributed by atoms with E-state index in [1.54, 1.807) is 22.1 Å². The van der Waals surface area contributed by atoms with Crippen LogP contribution < -0.4 is 10.6 Å². The maximum atomic E-state index is 12.4. The molecule has 32 heavy (non-hydrogen) atoms. The fourth-order valence-electron chi connectivity index (χ4n) is 3.60. The average molecular weight is 574 g/mol. The summed E-state index contributed by atoms with van der Waals surface area (Å²) >= 11 is 22.7. The number of anilines is 2. The van der Waals surface area contributed by atoms with Crippen molar-refractivity contribution < 1.29 is 9.53 Å². The number of thiophene rings is 1. The minimum Gasteiger partial charge on any atom is -0.465 e. The highest BCUT2D eigenvalue weighted by molar-refractivity contribution is 9.10. The number of halogens is 3. The van der Waals surface area contributed by atoms with Crippen molar-refractivity contribution in [3.8, 4) is 0 Å². The molecule has 0 radical (unpaired) electrons. The van der Waals surface area contributed by atoms with E-state index in [0.717, 1.165) is 41.3 Å². The van der Waals surface area contributed by atoms with Crippen molar-refractivity contribution in [2.45, 2.75) is 32.2 Å². The molecule has 1 aromatic carbocycles. The second-order valence-corrected chi connectivity index (χ2v) is 10.4. The molecule has 0 aliphatic heterocycles. The number of thiocarbonyl (C=S) groups is 1. The zero-order valence-corrected chi connectivity index (χ0v) is 21.7. The van der Waals surface area contributed by atoms with Gasteiger partial charge in [-0.25, -0.2) is 4.79 Å². The van der Waals surface area contributed by atoms with Gasteiger partial charge in [-0.05, 0) is 77.1 Å². The van der Waals surface area contributed by atoms with E-state index in [4.69, 9.17) is 40.2 Å². The van der Waals surface area contributed by atoms with Crippen LogP contribution in [-0.4, -0.2) is 28.0 Å². The van der Waals surface area contributed by atoms with Crippen LogP contribution in [0.2, 0.25) is 10.0 Å². The Kier molecular flexibility index (Phi) is 7.41. The predicted molar refractivity (Wildman–Crippen MR) is 138 cm³/mol. The third-order valence-corrected chi connectivity index (χ3v) is 7.80. The van der Waals surface area contributed by atoms with Gasteiger partial charge in [0, 0.05) is 11.1 Å². The molecule has 168 valence electrons. The molecule has 0 bridgehead atoms. The minimum atomic E-state index is -0.346. The summed E-state index contributed by atoms with van der Waals surface area (Å²) in [5, 5.41) is 12.9. The highest BCUT2D eigenvalue weighted by Crippen LogP contribution is 2.38. The van der Waals surface area contributed by atoms with E-state index < -0.39 is 0 Å². The quantitative estimate of drug-likeness (QED) is 0.267. The summed E-state index contributed by atoms with van der Waals surface area (Å²) in [7, 11) is 1.40. The Labute approximate surface area is 213 Å². The van der Waals surface area contributed by atoms with Gasteiger partial charge in [0.2, 0.25) is 0 Å². The molecule has 0 atom stereocenters. The van der Waals surface area contributed by atoms with E-state index in [0.29, 0.717) is 38.1 Å². The van der Waals surface area contributed by atoms with Gasteiger partial charge in [-0.15, -0.1) is 11.3 Å². The van der Waals surface area contributed by atoms with Crippen LogP contribution in [0, 0.1) is 0 Å². The molecule has 0 saturated carbocycles. The highest BCUT2D eigenvalue weighted by Gasteiger charge is 2.26. The first-order chi connectivity index (χ1) is 15.4. The predicted octanol–water partition coefficient (Wildman–Crippen LogP) is 6.54. The standard InChI is InChI=1S/C21H19BrCl2N4O2S2/c1-30-20(29)17-12-4-2-3-5-16(12)32-19(17)26-21(31)25-18-13(22)10-28(27-18)9-11-6-7-14(23)15(24)8-11/h6-8,10H,2-5,9H2,1H3,(H2,25,26,27,31). The molecule has 4 rings (SSSR count). The van der Waals surface area contributed by atoms with Crippen LogP contribution in [0.1, 0.15) is 39.2 Å². The fourth-order valence-corrected chi connectivity index (χ4v) is 5.88. The second kappa shape index (κ2) is 10.1. The van der Waals surface area contributed by atoms with Crippen LogP contribution in [0.5, 0.6) is 0 Å². The Bertz CT molecular complexity index is 1190. The lowest BCUT2D eigenvalue weighted by Gasteiger charge is -2.12. The van der Waals surface area contributed by atoms with Gasteiger partial charge in [0.25, 0.3) is 0 Å². The zero-order valence-electron chi connectivity index (χ0n) is 17.0. The molecule has 0 fully saturated rings. The number of esters is 1. The summed E-state index contributed by atoms with van der Waals surface area (Å²) in [6.45, 7) is 0.515. The van der Waals surface area contributed by atoms with E-state index in [2.05, 4.69) is 31.7 Å². The van der Waals surface area contributed by atoms with E-state index >= 15 is 0 Å². The van der Waals surface area contributed by atoms with Crippen LogP contribution in [-0.2, 0) is 24.1 Å². The van der Waals surface area contributed by atoms with Gasteiger partial charge in [0.15, 0.2) is 10.9 Å². The van der Waals surface area contributed by atoms with Gasteiger partial charge in [-0.1, -0.05) is 29.3 Å². The summed E-state index contributed by atoms with van der Waals surface area (Å²) in [6.07, 6.45) is 5.88. The van der Waals surface area contributed by atoms with Crippen LogP contribution in [0.15, 0.2) is 28.9 Å². The van der Waals surface area contributed by atoms with Crippen molar-refractivity contribution in [2.24, 2.45) is 0 Å². The van der Waals surface area contributed by atoms with Crippen LogP contribution in [0.3, 0.4) is 0 Å². The minimum absolute atomic E-state index is 0.342. The Morgan fingerprint density at radius 3 is 2.81 bits per heavy atom. The molecule has 1 aliphatic rings. The number of carbonyl (C=O) groups excluding carboxylic acids is 1. The first kappa shape index (κ1) is 23.5. The SMILES string of the molecule is COC(=O)c1c(NC(=S)Nc2nn(Cc3ccc(Cl)c(Cl)c3)cc2Br)sc2c1CCCC2. The number of aromatic nitrogens is 2. The number of ether oxygens (including phenoxy) is 1. The monoisotopic (exact) mass is 572 g/mol. The number of benzene rings is 1. The molecule has 6 nitrogen and oxygen atoms in total. The number of fused-ring (bicyclic) bond motifs is 1. The molecule has 0 amide bonds. The fraction of sp³-hybridized carbons (Fsp3) is 0.286. The van der Waals surface area contributed by atoms with E-state index in [1.807, 2.05) is 18.3 Å². The zero-order chi connectivity index (χ0) is 22.8. The lowest BCUT2D eigenvalue weighted by molar-refractivity contribution is 0.0601. The molecule has 2 aromatic heterocycles. The number of nitrogens with one attached hydrogen (secondary N) is 2. The summed E-state index contributed by atoms with van der Waals surface area (Å²) in [6, 6.07) is 5.47. The topological polar surface area (TPSA) is 68.2 Å². The van der Waals surface area contributed by atoms with Crippen molar-refractivity contribution in [2.75, 3.05) is 17.7 Å². The highest BCUT2D eigenvalue weighted by atomic mass is 79.9. The van der Waals surface area contributed by atoms with Gasteiger partial charge in [0.05, 0.1) is 33.7 Å². The Morgan fingerprint density at radius 1 is 1.28 bits per heavy atom. The van der Waals surface area contributed by atoms with Crippen LogP contribution in [0.25, 0.3) is 0 Å². The number of carbonyl (C=O) groups is 1. The van der Waals surface area contributed by atoms with E-state index in [9.17, 15) is 4.79 Å². The van der Waals surface area contributed by atoms with Crippen LogP contribution >= 0.6 is 62.7 Å². The summed E-state index contributed by atoms with van der Waals surface area (Å²) in [5.41, 5.74) is 2.62. The molecule has 0 unspecified atom stereocenters. The first-order valence-electron chi connectivity index (χ1n) is 9.83. The third-order valence-electron chi connectivity index (χ3n) is 5.07. The first-order valence-corrected chi connectivity index (χ1v) is 12.6. The number of hydrogen-bond acceptors (Lipinski definition) is 5. The number of nitrogens with zero attached hydrogens (tertiary/aromatic N) is 2. The van der Waals surface area contributed by atoms with Crippen molar-refractivity contribution in [1.29, 1.82) is 0 Å². The van der Waals surface area contributed by atoms with Crippen molar-refractivity contribution in [3.05, 3.63) is 60.5 Å². The number of aryl methyl sites for hydroxylation is 1. The molecule has 0 spiro atoms. The smallest absolute Gasteiger partial charge is 0.341 e. The summed E-state index contributed by atoms with van der Waals surface area (Å²) < 4.78 is 7.53. The summed E-state index contributed by atoms with van der Waals surface area (Å²) in [5.74, 6) is 0.213. The Morgan fingerprint density at radius 2 is 2.06 bits per heavy atom. The average Bonchev–Trinajstić information content (AvgIpc) is 3.29. The molecule has 2 heterocycles. The Hall–Kier alpha value is -1.65. The van der Waals surface area contributed by atoms with Gasteiger partial charge in [-0.2, -0.15) is 5.10 Å². The van der Waals surface area contributed by atoms with Crippen molar-refractivity contribution in [1.82, 2.24) is 9.78 Å². The van der Waals surface area contributed by atoms with E-state index in [1.165, 1.54) is 12.0 Å². The number of rotatable bonds is 5. The maximum absolute atomic E-state index is 12.4. The molecule has 0 saturated heterocycles. The number of hydrogen-bond donors (Lipinski definition) is 2. The maximum Gasteiger partial charge on any atom is 0.341 e.